The van der Waals surface area contributed by atoms with Crippen LogP contribution in [0.4, 0.5) is 0 Å². The molecule has 1 saturated heterocycles. The van der Waals surface area contributed by atoms with Crippen molar-refractivity contribution in [3.05, 3.63) is 0 Å². The molecule has 0 aliphatic carbocycles. The number of carbonyl (C=O) groups is 1. The molecule has 0 aromatic rings. The Morgan fingerprint density at radius 3 is 2.73 bits per heavy atom. The zero-order valence-electron chi connectivity index (χ0n) is 7.01. The number of nitrogens with zero attached hydrogens (tertiary/aromatic N) is 1. The van der Waals surface area contributed by atoms with Crippen LogP contribution in [0.15, 0.2) is 0 Å². The lowest BCUT2D eigenvalue weighted by Crippen LogP contribution is -2.42. The maximum Gasteiger partial charge on any atom is 0.219 e. The summed E-state index contributed by atoms with van der Waals surface area (Å²) in [7, 11) is 0. The van der Waals surface area contributed by atoms with E-state index in [9.17, 15) is 4.79 Å². The minimum Gasteiger partial charge on any atom is -0.343 e. The number of likely N-dealkylation sites (tertiary alicyclic amines) is 1. The molecule has 1 heterocycles. The average Bonchev–Trinajstić information content (AvgIpc) is 1.94. The van der Waals surface area contributed by atoms with Crippen molar-refractivity contribution in [3.63, 3.8) is 0 Å². The van der Waals surface area contributed by atoms with E-state index in [1.807, 2.05) is 4.90 Å². The van der Waals surface area contributed by atoms with E-state index in [-0.39, 0.29) is 5.91 Å². The largest absolute Gasteiger partial charge is 0.343 e. The zero-order valence-corrected chi connectivity index (χ0v) is 9.17. The highest BCUT2D eigenvalue weighted by Crippen LogP contribution is 2.23. The van der Waals surface area contributed by atoms with Gasteiger partial charge in [0.2, 0.25) is 5.91 Å². The van der Waals surface area contributed by atoms with E-state index in [0.717, 1.165) is 23.4 Å². The predicted octanol–water partition coefficient (Wildman–Crippen LogP) is 1.68. The molecule has 1 aliphatic heterocycles. The third kappa shape index (κ3) is 2.32. The number of hydrogen-bond donors (Lipinski definition) is 0. The fourth-order valence-electron chi connectivity index (χ4n) is 1.40. The van der Waals surface area contributed by atoms with E-state index in [0.29, 0.717) is 5.92 Å². The number of alkyl halides is 1. The molecule has 0 N–H and O–H groups in total. The molecule has 0 aromatic carbocycles. The number of piperidine rings is 1. The molecule has 0 saturated carbocycles. The van der Waals surface area contributed by atoms with Gasteiger partial charge in [-0.2, -0.15) is 0 Å². The van der Waals surface area contributed by atoms with E-state index >= 15 is 0 Å². The van der Waals surface area contributed by atoms with Crippen LogP contribution in [-0.2, 0) is 4.79 Å². The topological polar surface area (TPSA) is 20.3 Å². The van der Waals surface area contributed by atoms with Crippen LogP contribution in [0.5, 0.6) is 0 Å². The van der Waals surface area contributed by atoms with E-state index in [1.165, 1.54) is 0 Å². The highest BCUT2D eigenvalue weighted by molar-refractivity contribution is 14.1. The average molecular weight is 267 g/mol. The third-order valence-electron chi connectivity index (χ3n) is 2.25. The summed E-state index contributed by atoms with van der Waals surface area (Å²) < 4.78 is 0.753. The number of carbonyl (C=O) groups excluding carboxylic acids is 1. The van der Waals surface area contributed by atoms with Gasteiger partial charge in [0.05, 0.1) is 0 Å². The number of rotatable bonds is 0. The maximum absolute atomic E-state index is 11.0. The molecule has 1 fully saturated rings. The molecule has 0 bridgehead atoms. The van der Waals surface area contributed by atoms with E-state index in [1.54, 1.807) is 6.92 Å². The van der Waals surface area contributed by atoms with E-state index in [4.69, 9.17) is 0 Å². The first-order valence-corrected chi connectivity index (χ1v) is 5.25. The SMILES string of the molecule is CC(=O)N1CCC(I)C(C)C1. The smallest absolute Gasteiger partial charge is 0.219 e. The standard InChI is InChI=1S/C8H14INO/c1-6-5-10(7(2)11)4-3-8(6)9/h6,8H,3-5H2,1-2H3. The molecular weight excluding hydrogens is 253 g/mol. The Morgan fingerprint density at radius 1 is 1.64 bits per heavy atom. The summed E-state index contributed by atoms with van der Waals surface area (Å²) in [5.41, 5.74) is 0. The molecule has 64 valence electrons. The van der Waals surface area contributed by atoms with Crippen LogP contribution in [0.2, 0.25) is 0 Å². The second-order valence-corrected chi connectivity index (χ2v) is 4.85. The number of halogens is 1. The van der Waals surface area contributed by atoms with Gasteiger partial charge in [0.25, 0.3) is 0 Å². The summed E-state index contributed by atoms with van der Waals surface area (Å²) >= 11 is 2.48. The van der Waals surface area contributed by atoms with Gasteiger partial charge in [-0.15, -0.1) is 0 Å². The molecule has 11 heavy (non-hydrogen) atoms. The van der Waals surface area contributed by atoms with Crippen molar-refractivity contribution in [3.8, 4) is 0 Å². The highest BCUT2D eigenvalue weighted by Gasteiger charge is 2.24. The van der Waals surface area contributed by atoms with E-state index < -0.39 is 0 Å². The number of amides is 1. The van der Waals surface area contributed by atoms with Crippen LogP contribution >= 0.6 is 22.6 Å². The van der Waals surface area contributed by atoms with Gasteiger partial charge in [-0.25, -0.2) is 0 Å². The normalized spacial score (nSPS) is 32.1. The first-order chi connectivity index (χ1) is 5.11. The zero-order chi connectivity index (χ0) is 8.43. The summed E-state index contributed by atoms with van der Waals surface area (Å²) in [4.78, 5) is 12.9. The molecule has 0 radical (unpaired) electrons. The summed E-state index contributed by atoms with van der Waals surface area (Å²) in [6.45, 7) is 5.77. The Hall–Kier alpha value is 0.200. The molecule has 3 heteroatoms. The predicted molar refractivity (Wildman–Crippen MR) is 53.8 cm³/mol. The van der Waals surface area contributed by atoms with Gasteiger partial charge < -0.3 is 4.90 Å². The van der Waals surface area contributed by atoms with Gasteiger partial charge in [0.1, 0.15) is 0 Å². The molecule has 2 nitrogen and oxygen atoms in total. The highest BCUT2D eigenvalue weighted by atomic mass is 127. The van der Waals surface area contributed by atoms with Crippen LogP contribution in [0.1, 0.15) is 20.3 Å². The van der Waals surface area contributed by atoms with Crippen LogP contribution in [0.3, 0.4) is 0 Å². The molecule has 1 amide bonds. The quantitative estimate of drug-likeness (QED) is 0.483. The van der Waals surface area contributed by atoms with Gasteiger partial charge in [0, 0.05) is 23.9 Å². The third-order valence-corrected chi connectivity index (χ3v) is 4.10. The molecule has 1 aliphatic rings. The van der Waals surface area contributed by atoms with Crippen molar-refractivity contribution in [2.45, 2.75) is 24.2 Å². The first kappa shape index (κ1) is 9.29. The van der Waals surface area contributed by atoms with Gasteiger partial charge in [0.15, 0.2) is 0 Å². The summed E-state index contributed by atoms with van der Waals surface area (Å²) in [6, 6.07) is 0. The summed E-state index contributed by atoms with van der Waals surface area (Å²) in [5, 5.41) is 0. The van der Waals surface area contributed by atoms with Crippen molar-refractivity contribution < 1.29 is 4.79 Å². The minimum atomic E-state index is 0.222. The Balaban J connectivity index is 2.46. The Morgan fingerprint density at radius 2 is 2.27 bits per heavy atom. The van der Waals surface area contributed by atoms with Crippen molar-refractivity contribution in [2.75, 3.05) is 13.1 Å². The second-order valence-electron chi connectivity index (χ2n) is 3.25. The first-order valence-electron chi connectivity index (χ1n) is 4.01. The van der Waals surface area contributed by atoms with Gasteiger partial charge in [-0.3, -0.25) is 4.79 Å². The Bertz CT molecular complexity index is 160. The van der Waals surface area contributed by atoms with Crippen molar-refractivity contribution >= 4 is 28.5 Å². The van der Waals surface area contributed by atoms with Crippen LogP contribution in [-0.4, -0.2) is 27.8 Å². The lowest BCUT2D eigenvalue weighted by atomic mass is 10.0. The molecule has 2 atom stereocenters. The lowest BCUT2D eigenvalue weighted by molar-refractivity contribution is -0.130. The van der Waals surface area contributed by atoms with Crippen LogP contribution in [0.25, 0.3) is 0 Å². The Kier molecular flexibility index (Phi) is 3.16. The Labute approximate surface area is 81.5 Å². The molecule has 2 unspecified atom stereocenters. The van der Waals surface area contributed by atoms with Gasteiger partial charge in [-0.05, 0) is 12.3 Å². The van der Waals surface area contributed by atoms with Gasteiger partial charge in [-0.1, -0.05) is 29.5 Å². The van der Waals surface area contributed by atoms with Crippen LogP contribution < -0.4 is 0 Å². The maximum atomic E-state index is 11.0. The summed E-state index contributed by atoms with van der Waals surface area (Å²) in [5.74, 6) is 0.883. The second kappa shape index (κ2) is 3.74. The fraction of sp³-hybridized carbons (Fsp3) is 0.875. The lowest BCUT2D eigenvalue weighted by Gasteiger charge is -2.33. The molecule has 1 rings (SSSR count). The molecular formula is C8H14INO. The van der Waals surface area contributed by atoms with Crippen molar-refractivity contribution in [1.29, 1.82) is 0 Å². The van der Waals surface area contributed by atoms with Crippen molar-refractivity contribution in [1.82, 2.24) is 4.90 Å². The molecule has 0 spiro atoms. The fourth-order valence-corrected chi connectivity index (χ4v) is 1.91. The van der Waals surface area contributed by atoms with Crippen molar-refractivity contribution in [2.24, 2.45) is 5.92 Å². The number of hydrogen-bond acceptors (Lipinski definition) is 1. The van der Waals surface area contributed by atoms with E-state index in [2.05, 4.69) is 29.5 Å². The summed E-state index contributed by atoms with van der Waals surface area (Å²) in [6.07, 6.45) is 1.15. The monoisotopic (exact) mass is 267 g/mol. The molecule has 0 aromatic heterocycles. The minimum absolute atomic E-state index is 0.222. The van der Waals surface area contributed by atoms with Gasteiger partial charge >= 0.3 is 0 Å². The van der Waals surface area contributed by atoms with Crippen LogP contribution in [0, 0.1) is 5.92 Å².